The molecule has 0 bridgehead atoms. The first-order valence-electron chi connectivity index (χ1n) is 4.52. The molecule has 2 aromatic rings. The highest BCUT2D eigenvalue weighted by atomic mass is 19.4. The number of aromatic amines is 1. The van der Waals surface area contributed by atoms with Gasteiger partial charge in [-0.2, -0.15) is 18.3 Å². The Morgan fingerprint density at radius 1 is 1.25 bits per heavy atom. The number of pyridine rings is 1. The van der Waals surface area contributed by atoms with Crippen LogP contribution in [0.2, 0.25) is 0 Å². The van der Waals surface area contributed by atoms with E-state index in [9.17, 15) is 13.2 Å². The predicted octanol–water partition coefficient (Wildman–Crippen LogP) is 2.80. The van der Waals surface area contributed by atoms with Crippen LogP contribution in [0.25, 0.3) is 11.4 Å². The van der Waals surface area contributed by atoms with E-state index in [1.54, 1.807) is 6.07 Å². The fourth-order valence-corrected chi connectivity index (χ4v) is 1.37. The number of hydrogen-bond acceptors (Lipinski definition) is 2. The normalized spacial score (nSPS) is 11.8. The standard InChI is InChI=1S/C10H8F3N3/c1-6-4-7(10(11,12)13)5-9(15-6)8-2-3-14-16-8/h2-5H,1H3,(H,14,16). The van der Waals surface area contributed by atoms with E-state index < -0.39 is 11.7 Å². The Labute approximate surface area is 89.3 Å². The molecule has 84 valence electrons. The van der Waals surface area contributed by atoms with Gasteiger partial charge in [0.1, 0.15) is 0 Å². The summed E-state index contributed by atoms with van der Waals surface area (Å²) in [5, 5.41) is 6.25. The molecule has 6 heteroatoms. The molecule has 3 nitrogen and oxygen atoms in total. The second-order valence-corrected chi connectivity index (χ2v) is 3.35. The molecule has 0 aliphatic heterocycles. The van der Waals surface area contributed by atoms with Gasteiger partial charge in [0.25, 0.3) is 0 Å². The fourth-order valence-electron chi connectivity index (χ4n) is 1.37. The SMILES string of the molecule is Cc1cc(C(F)(F)F)cc(-c2ccn[nH]2)n1. The van der Waals surface area contributed by atoms with E-state index in [0.717, 1.165) is 12.1 Å². The Balaban J connectivity index is 2.53. The lowest BCUT2D eigenvalue weighted by Gasteiger charge is -2.08. The number of aryl methyl sites for hydroxylation is 1. The number of hydrogen-bond donors (Lipinski definition) is 1. The van der Waals surface area contributed by atoms with E-state index in [1.807, 2.05) is 0 Å². The van der Waals surface area contributed by atoms with Crippen LogP contribution in [0.5, 0.6) is 0 Å². The minimum Gasteiger partial charge on any atom is -0.276 e. The van der Waals surface area contributed by atoms with Crippen LogP contribution in [0, 0.1) is 6.92 Å². The molecule has 0 unspecified atom stereocenters. The van der Waals surface area contributed by atoms with Crippen LogP contribution < -0.4 is 0 Å². The lowest BCUT2D eigenvalue weighted by molar-refractivity contribution is -0.137. The van der Waals surface area contributed by atoms with Crippen molar-refractivity contribution in [2.75, 3.05) is 0 Å². The maximum atomic E-state index is 12.5. The summed E-state index contributed by atoms with van der Waals surface area (Å²) in [5.41, 5.74) is 0.322. The molecule has 0 atom stereocenters. The average Bonchev–Trinajstić information content (AvgIpc) is 2.68. The van der Waals surface area contributed by atoms with Crippen molar-refractivity contribution in [3.63, 3.8) is 0 Å². The van der Waals surface area contributed by atoms with Gasteiger partial charge >= 0.3 is 6.18 Å². The van der Waals surface area contributed by atoms with E-state index in [4.69, 9.17) is 0 Å². The monoisotopic (exact) mass is 227 g/mol. The minimum absolute atomic E-state index is 0.241. The largest absolute Gasteiger partial charge is 0.416 e. The van der Waals surface area contributed by atoms with Gasteiger partial charge in [0.2, 0.25) is 0 Å². The third-order valence-electron chi connectivity index (χ3n) is 2.06. The van der Waals surface area contributed by atoms with Crippen LogP contribution in [-0.4, -0.2) is 15.2 Å². The molecule has 0 aliphatic rings. The molecule has 0 aromatic carbocycles. The smallest absolute Gasteiger partial charge is 0.276 e. The molecule has 0 radical (unpaired) electrons. The molecule has 0 fully saturated rings. The molecule has 2 heterocycles. The summed E-state index contributed by atoms with van der Waals surface area (Å²) < 4.78 is 37.6. The van der Waals surface area contributed by atoms with Crippen molar-refractivity contribution in [3.8, 4) is 11.4 Å². The molecule has 0 spiro atoms. The highest BCUT2D eigenvalue weighted by Crippen LogP contribution is 2.31. The van der Waals surface area contributed by atoms with Gasteiger partial charge in [-0.25, -0.2) is 0 Å². The zero-order valence-corrected chi connectivity index (χ0v) is 8.34. The number of alkyl halides is 3. The molecular weight excluding hydrogens is 219 g/mol. The second-order valence-electron chi connectivity index (χ2n) is 3.35. The predicted molar refractivity (Wildman–Crippen MR) is 51.6 cm³/mol. The van der Waals surface area contributed by atoms with Gasteiger partial charge in [-0.15, -0.1) is 0 Å². The summed E-state index contributed by atoms with van der Waals surface area (Å²) >= 11 is 0. The van der Waals surface area contributed by atoms with E-state index in [2.05, 4.69) is 15.2 Å². The molecule has 16 heavy (non-hydrogen) atoms. The molecule has 0 saturated carbocycles. The Bertz CT molecular complexity index is 489. The van der Waals surface area contributed by atoms with E-state index >= 15 is 0 Å². The maximum Gasteiger partial charge on any atom is 0.416 e. The second kappa shape index (κ2) is 3.62. The summed E-state index contributed by atoms with van der Waals surface area (Å²) in [6.45, 7) is 1.52. The molecule has 1 N–H and O–H groups in total. The summed E-state index contributed by atoms with van der Waals surface area (Å²) in [4.78, 5) is 4.02. The quantitative estimate of drug-likeness (QED) is 0.813. The number of nitrogens with one attached hydrogen (secondary N) is 1. The lowest BCUT2D eigenvalue weighted by atomic mass is 10.1. The Morgan fingerprint density at radius 2 is 2.00 bits per heavy atom. The average molecular weight is 227 g/mol. The molecule has 0 amide bonds. The van der Waals surface area contributed by atoms with Crippen LogP contribution in [0.15, 0.2) is 24.4 Å². The first-order valence-corrected chi connectivity index (χ1v) is 4.52. The van der Waals surface area contributed by atoms with Gasteiger partial charge in [-0.3, -0.25) is 10.1 Å². The number of rotatable bonds is 1. The van der Waals surface area contributed by atoms with Crippen molar-refractivity contribution < 1.29 is 13.2 Å². The zero-order chi connectivity index (χ0) is 11.8. The summed E-state index contributed by atoms with van der Waals surface area (Å²) in [6.07, 6.45) is -2.89. The Kier molecular flexibility index (Phi) is 2.41. The van der Waals surface area contributed by atoms with Crippen LogP contribution in [0.1, 0.15) is 11.3 Å². The van der Waals surface area contributed by atoms with Gasteiger partial charge in [0, 0.05) is 11.9 Å². The highest BCUT2D eigenvalue weighted by molar-refractivity contribution is 5.55. The van der Waals surface area contributed by atoms with Crippen molar-refractivity contribution in [1.82, 2.24) is 15.2 Å². The number of aromatic nitrogens is 3. The summed E-state index contributed by atoms with van der Waals surface area (Å²) in [7, 11) is 0. The first-order chi connectivity index (χ1) is 7.47. The van der Waals surface area contributed by atoms with Crippen molar-refractivity contribution in [1.29, 1.82) is 0 Å². The molecule has 0 saturated heterocycles. The van der Waals surface area contributed by atoms with E-state index in [-0.39, 0.29) is 5.69 Å². The summed E-state index contributed by atoms with van der Waals surface area (Å²) in [5.74, 6) is 0. The molecule has 2 rings (SSSR count). The van der Waals surface area contributed by atoms with Crippen molar-refractivity contribution in [2.24, 2.45) is 0 Å². The molecular formula is C10H8F3N3. The van der Waals surface area contributed by atoms with Gasteiger partial charge in [0.05, 0.1) is 17.0 Å². The van der Waals surface area contributed by atoms with Gasteiger partial charge < -0.3 is 0 Å². The van der Waals surface area contributed by atoms with E-state index in [0.29, 0.717) is 11.4 Å². The Hall–Kier alpha value is -1.85. The fraction of sp³-hybridized carbons (Fsp3) is 0.200. The summed E-state index contributed by atoms with van der Waals surface area (Å²) in [6, 6.07) is 3.59. The van der Waals surface area contributed by atoms with Crippen molar-refractivity contribution >= 4 is 0 Å². The number of halogens is 3. The molecule has 2 aromatic heterocycles. The van der Waals surface area contributed by atoms with Crippen molar-refractivity contribution in [2.45, 2.75) is 13.1 Å². The van der Waals surface area contributed by atoms with Crippen LogP contribution >= 0.6 is 0 Å². The first kappa shape index (κ1) is 10.7. The minimum atomic E-state index is -4.36. The van der Waals surface area contributed by atoms with Crippen molar-refractivity contribution in [3.05, 3.63) is 35.7 Å². The van der Waals surface area contributed by atoms with Crippen LogP contribution in [0.3, 0.4) is 0 Å². The van der Waals surface area contributed by atoms with Gasteiger partial charge in [0.15, 0.2) is 0 Å². The third-order valence-corrected chi connectivity index (χ3v) is 2.06. The van der Waals surface area contributed by atoms with Crippen LogP contribution in [0.4, 0.5) is 13.2 Å². The van der Waals surface area contributed by atoms with E-state index in [1.165, 1.54) is 13.1 Å². The molecule has 0 aliphatic carbocycles. The zero-order valence-electron chi connectivity index (χ0n) is 8.34. The maximum absolute atomic E-state index is 12.5. The topological polar surface area (TPSA) is 41.6 Å². The van der Waals surface area contributed by atoms with Gasteiger partial charge in [-0.1, -0.05) is 0 Å². The third kappa shape index (κ3) is 2.05. The number of nitrogens with zero attached hydrogens (tertiary/aromatic N) is 2. The Morgan fingerprint density at radius 3 is 2.56 bits per heavy atom. The number of H-pyrrole nitrogens is 1. The van der Waals surface area contributed by atoms with Gasteiger partial charge in [-0.05, 0) is 25.1 Å². The lowest BCUT2D eigenvalue weighted by Crippen LogP contribution is -2.06. The van der Waals surface area contributed by atoms with Crippen LogP contribution in [-0.2, 0) is 6.18 Å². The highest BCUT2D eigenvalue weighted by Gasteiger charge is 2.31.